The number of ether oxygens (including phenoxy) is 1. The summed E-state index contributed by atoms with van der Waals surface area (Å²) < 4.78 is 40.2. The molecule has 6 aromatic rings. The van der Waals surface area contributed by atoms with E-state index < -0.39 is 59.2 Å². The van der Waals surface area contributed by atoms with Crippen LogP contribution in [0.5, 0.6) is 11.5 Å². The molecule has 6 rings (SSSR count). The average Bonchev–Trinajstić information content (AvgIpc) is 3.54. The Bertz CT molecular complexity index is 2420. The van der Waals surface area contributed by atoms with Gasteiger partial charge in [0, 0.05) is 43.3 Å². The Morgan fingerprint density at radius 2 is 1.25 bits per heavy atom. The summed E-state index contributed by atoms with van der Waals surface area (Å²) in [7, 11) is 0. The van der Waals surface area contributed by atoms with Crippen molar-refractivity contribution in [1.82, 2.24) is 9.13 Å². The molecule has 9 nitrogen and oxygen atoms in total. The fourth-order valence-corrected chi connectivity index (χ4v) is 6.76. The van der Waals surface area contributed by atoms with Crippen LogP contribution in [0.2, 0.25) is 10.0 Å². The summed E-state index contributed by atoms with van der Waals surface area (Å²) in [5.74, 6) is -8.08. The molecular formula is C38H28Cl2F2N2O7. The van der Waals surface area contributed by atoms with Crippen LogP contribution in [0, 0.1) is 25.5 Å². The highest BCUT2D eigenvalue weighted by atomic mass is 35.5. The third kappa shape index (κ3) is 6.12. The molecule has 4 aromatic carbocycles. The van der Waals surface area contributed by atoms with Crippen molar-refractivity contribution in [2.75, 3.05) is 0 Å². The number of phenolic OH excluding ortho intramolecular Hbond substituents is 1. The number of benzene rings is 4. The molecule has 0 aliphatic heterocycles. The first-order valence-corrected chi connectivity index (χ1v) is 16.4. The van der Waals surface area contributed by atoms with Crippen LogP contribution in [0.25, 0.3) is 21.8 Å². The molecule has 0 saturated carbocycles. The van der Waals surface area contributed by atoms with Crippen LogP contribution in [0.4, 0.5) is 8.78 Å². The first-order valence-electron chi connectivity index (χ1n) is 15.6. The topological polar surface area (TPSA) is 128 Å². The van der Waals surface area contributed by atoms with Gasteiger partial charge in [0.1, 0.15) is 0 Å². The number of esters is 1. The molecule has 0 aliphatic rings. The maximum atomic E-state index is 16.4. The lowest BCUT2D eigenvalue weighted by Gasteiger charge is -2.16. The van der Waals surface area contributed by atoms with Crippen LogP contribution in [-0.2, 0) is 16.0 Å². The Morgan fingerprint density at radius 1 is 0.745 bits per heavy atom. The molecule has 0 saturated heterocycles. The molecular weight excluding hydrogens is 705 g/mol. The number of hydrogen-bond acceptors (Lipinski definition) is 6. The number of nitrogens with zero attached hydrogens (tertiary/aromatic N) is 2. The molecule has 0 radical (unpaired) electrons. The van der Waals surface area contributed by atoms with E-state index in [1.165, 1.54) is 83.6 Å². The molecule has 51 heavy (non-hydrogen) atoms. The first-order chi connectivity index (χ1) is 24.2. The number of halogens is 4. The zero-order valence-electron chi connectivity index (χ0n) is 27.3. The highest BCUT2D eigenvalue weighted by molar-refractivity contribution is 6.31. The number of carboxylic acid groups (broad SMARTS) is 1. The Labute approximate surface area is 299 Å². The van der Waals surface area contributed by atoms with E-state index in [0.717, 1.165) is 12.1 Å². The Balaban J connectivity index is 1.45. The standard InChI is InChI=1S/C38H28Cl2F2N2O7/c1-4-24(31-19(3)44(27-13-15-28(45)34(41)33(27)31)37(49)21-7-11-23(40)12-8-21)38(50)51-29-16-14-26-32(35(29)42)25(17-30(46)47)18(2)43(26)36(48)20-5-9-22(39)10-6-20/h5-16,24,45H,4,17H2,1-3H3,(H,46,47). The highest BCUT2D eigenvalue weighted by Crippen LogP contribution is 2.40. The smallest absolute Gasteiger partial charge is 0.318 e. The molecule has 13 heteroatoms. The molecule has 0 amide bonds. The normalized spacial score (nSPS) is 12.0. The summed E-state index contributed by atoms with van der Waals surface area (Å²) in [4.78, 5) is 53.1. The molecule has 0 spiro atoms. The molecule has 1 atom stereocenters. The Kier molecular flexibility index (Phi) is 9.45. The number of phenols is 1. The van der Waals surface area contributed by atoms with Gasteiger partial charge in [-0.25, -0.2) is 8.78 Å². The van der Waals surface area contributed by atoms with Crippen LogP contribution < -0.4 is 4.74 Å². The van der Waals surface area contributed by atoms with Crippen molar-refractivity contribution in [2.45, 2.75) is 39.5 Å². The van der Waals surface area contributed by atoms with Crippen LogP contribution in [0.3, 0.4) is 0 Å². The zero-order chi connectivity index (χ0) is 36.9. The van der Waals surface area contributed by atoms with E-state index in [-0.39, 0.29) is 61.9 Å². The van der Waals surface area contributed by atoms with E-state index in [4.69, 9.17) is 27.9 Å². The van der Waals surface area contributed by atoms with Crippen molar-refractivity contribution < 1.29 is 42.9 Å². The molecule has 2 heterocycles. The second-order valence-corrected chi connectivity index (χ2v) is 12.7. The minimum Gasteiger partial charge on any atom is -0.505 e. The van der Waals surface area contributed by atoms with Crippen molar-refractivity contribution in [3.63, 3.8) is 0 Å². The lowest BCUT2D eigenvalue weighted by atomic mass is 9.93. The fourth-order valence-electron chi connectivity index (χ4n) is 6.50. The average molecular weight is 734 g/mol. The molecule has 2 aromatic heterocycles. The predicted molar refractivity (Wildman–Crippen MR) is 187 cm³/mol. The van der Waals surface area contributed by atoms with Gasteiger partial charge in [0.25, 0.3) is 11.8 Å². The molecule has 0 aliphatic carbocycles. The quantitative estimate of drug-likeness (QED) is 0.118. The number of aromatic nitrogens is 2. The van der Waals surface area contributed by atoms with Gasteiger partial charge < -0.3 is 14.9 Å². The van der Waals surface area contributed by atoms with E-state index in [0.29, 0.717) is 10.0 Å². The SMILES string of the molecule is CCC(C(=O)Oc1ccc2c(c1F)c(CC(=O)O)c(C)n2C(=O)c1ccc(Cl)cc1)c1c(C)n(C(=O)c2ccc(Cl)cc2)c2ccc(O)c(F)c12. The van der Waals surface area contributed by atoms with Crippen molar-refractivity contribution in [3.8, 4) is 11.5 Å². The lowest BCUT2D eigenvalue weighted by molar-refractivity contribution is -0.137. The van der Waals surface area contributed by atoms with Crippen LogP contribution in [-0.4, -0.2) is 43.1 Å². The minimum atomic E-state index is -1.28. The Hall–Kier alpha value is -5.52. The number of carbonyl (C=O) groups excluding carboxylic acids is 3. The number of aromatic hydroxyl groups is 1. The van der Waals surface area contributed by atoms with E-state index in [2.05, 4.69) is 0 Å². The van der Waals surface area contributed by atoms with Crippen molar-refractivity contribution in [1.29, 1.82) is 0 Å². The van der Waals surface area contributed by atoms with Gasteiger partial charge >= 0.3 is 11.9 Å². The first kappa shape index (κ1) is 35.3. The second kappa shape index (κ2) is 13.7. The van der Waals surface area contributed by atoms with Gasteiger partial charge in [0.15, 0.2) is 23.1 Å². The zero-order valence-corrected chi connectivity index (χ0v) is 28.8. The Morgan fingerprint density at radius 3 is 1.78 bits per heavy atom. The molecule has 260 valence electrons. The predicted octanol–water partition coefficient (Wildman–Crippen LogP) is 8.61. The van der Waals surface area contributed by atoms with Gasteiger partial charge in [-0.3, -0.25) is 28.3 Å². The number of carboxylic acids is 1. The number of aliphatic carboxylic acids is 1. The second-order valence-electron chi connectivity index (χ2n) is 11.9. The van der Waals surface area contributed by atoms with Gasteiger partial charge in [0.05, 0.1) is 23.4 Å². The fraction of sp³-hybridized carbons (Fsp3) is 0.158. The number of rotatable bonds is 8. The molecule has 1 unspecified atom stereocenters. The van der Waals surface area contributed by atoms with Gasteiger partial charge in [0.2, 0.25) is 0 Å². The number of carbonyl (C=O) groups is 4. The van der Waals surface area contributed by atoms with Crippen LogP contribution in [0.15, 0.2) is 72.8 Å². The van der Waals surface area contributed by atoms with Gasteiger partial charge in [-0.15, -0.1) is 0 Å². The van der Waals surface area contributed by atoms with Crippen molar-refractivity contribution >= 4 is 68.8 Å². The number of fused-ring (bicyclic) bond motifs is 2. The lowest BCUT2D eigenvalue weighted by Crippen LogP contribution is -2.20. The van der Waals surface area contributed by atoms with E-state index in [1.54, 1.807) is 6.92 Å². The van der Waals surface area contributed by atoms with Gasteiger partial charge in [-0.1, -0.05) is 30.1 Å². The largest absolute Gasteiger partial charge is 0.505 e. The summed E-state index contributed by atoms with van der Waals surface area (Å²) >= 11 is 12.0. The summed E-state index contributed by atoms with van der Waals surface area (Å²) in [5.41, 5.74) is 0.972. The van der Waals surface area contributed by atoms with Gasteiger partial charge in [-0.05, 0) is 104 Å². The number of hydrogen-bond donors (Lipinski definition) is 2. The third-order valence-corrected chi connectivity index (χ3v) is 9.41. The highest BCUT2D eigenvalue weighted by Gasteiger charge is 2.33. The summed E-state index contributed by atoms with van der Waals surface area (Å²) in [6.07, 6.45) is -0.625. The van der Waals surface area contributed by atoms with Crippen LogP contribution in [0.1, 0.15) is 62.5 Å². The van der Waals surface area contributed by atoms with Gasteiger partial charge in [-0.2, -0.15) is 0 Å². The van der Waals surface area contributed by atoms with E-state index >= 15 is 8.78 Å². The van der Waals surface area contributed by atoms with E-state index in [9.17, 15) is 29.4 Å². The summed E-state index contributed by atoms with van der Waals surface area (Å²) in [6, 6.07) is 16.9. The van der Waals surface area contributed by atoms with Crippen molar-refractivity contribution in [2.24, 2.45) is 0 Å². The molecule has 0 fully saturated rings. The summed E-state index contributed by atoms with van der Waals surface area (Å²) in [6.45, 7) is 4.62. The maximum absolute atomic E-state index is 16.4. The van der Waals surface area contributed by atoms with Crippen LogP contribution >= 0.6 is 23.2 Å². The summed E-state index contributed by atoms with van der Waals surface area (Å²) in [5, 5.41) is 20.3. The minimum absolute atomic E-state index is 0.000531. The van der Waals surface area contributed by atoms with E-state index in [1.807, 2.05) is 0 Å². The molecule has 2 N–H and O–H groups in total. The van der Waals surface area contributed by atoms with Crippen molar-refractivity contribution in [3.05, 3.63) is 128 Å². The molecule has 0 bridgehead atoms. The monoisotopic (exact) mass is 732 g/mol. The third-order valence-electron chi connectivity index (χ3n) is 8.90. The maximum Gasteiger partial charge on any atom is 0.318 e.